The Kier molecular flexibility index (Phi) is 6.44. The zero-order chi connectivity index (χ0) is 21.1. The fourth-order valence-electron chi connectivity index (χ4n) is 2.82. The Balaban J connectivity index is 1.54. The number of carbonyl (C=O) groups is 1. The van der Waals surface area contributed by atoms with Crippen LogP contribution in [0.4, 0.5) is 23.1 Å². The summed E-state index contributed by atoms with van der Waals surface area (Å²) in [5.74, 6) is 0. The van der Waals surface area contributed by atoms with E-state index in [9.17, 15) is 26.4 Å². The van der Waals surface area contributed by atoms with Gasteiger partial charge in [-0.15, -0.1) is 11.3 Å². The first kappa shape index (κ1) is 21.5. The van der Waals surface area contributed by atoms with E-state index in [0.717, 1.165) is 24.6 Å². The van der Waals surface area contributed by atoms with Crippen LogP contribution in [0.5, 0.6) is 0 Å². The van der Waals surface area contributed by atoms with Gasteiger partial charge in [-0.25, -0.2) is 18.2 Å². The van der Waals surface area contributed by atoms with E-state index in [1.807, 2.05) is 0 Å². The van der Waals surface area contributed by atoms with Crippen LogP contribution >= 0.6 is 11.3 Å². The number of carbonyl (C=O) groups excluding carboxylic acids is 1. The Hall–Kier alpha value is -2.18. The molecule has 1 aromatic carbocycles. The van der Waals surface area contributed by atoms with Gasteiger partial charge in [-0.3, -0.25) is 5.32 Å². The molecule has 0 bridgehead atoms. The van der Waals surface area contributed by atoms with E-state index in [2.05, 4.69) is 15.6 Å². The number of benzene rings is 1. The summed E-state index contributed by atoms with van der Waals surface area (Å²) in [7, 11) is -3.53. The summed E-state index contributed by atoms with van der Waals surface area (Å²) in [6, 6.07) is 5.42. The molecule has 0 aliphatic carbocycles. The molecule has 3 rings (SSSR count). The summed E-state index contributed by atoms with van der Waals surface area (Å²) in [5.41, 5.74) is -0.420. The SMILES string of the molecule is O=C(NCc1ccc(S(=O)(=O)N2CCCCC2)cc1)Nc1nc(C(F)(F)F)cs1. The second kappa shape index (κ2) is 8.67. The topological polar surface area (TPSA) is 91.4 Å². The number of nitrogens with one attached hydrogen (secondary N) is 2. The molecule has 12 heteroatoms. The highest BCUT2D eigenvalue weighted by Crippen LogP contribution is 2.31. The second-order valence-electron chi connectivity index (χ2n) is 6.45. The van der Waals surface area contributed by atoms with Crippen LogP contribution in [0, 0.1) is 0 Å². The van der Waals surface area contributed by atoms with Crippen LogP contribution in [-0.2, 0) is 22.7 Å². The van der Waals surface area contributed by atoms with Crippen molar-refractivity contribution < 1.29 is 26.4 Å². The molecule has 0 radical (unpaired) electrons. The van der Waals surface area contributed by atoms with Crippen molar-refractivity contribution in [3.8, 4) is 0 Å². The van der Waals surface area contributed by atoms with Crippen LogP contribution in [0.3, 0.4) is 0 Å². The number of piperidine rings is 1. The van der Waals surface area contributed by atoms with E-state index in [0.29, 0.717) is 30.0 Å². The summed E-state index contributed by atoms with van der Waals surface area (Å²) in [6.45, 7) is 1.10. The molecule has 1 aromatic heterocycles. The van der Waals surface area contributed by atoms with Crippen molar-refractivity contribution in [2.24, 2.45) is 0 Å². The Morgan fingerprint density at radius 2 is 1.79 bits per heavy atom. The van der Waals surface area contributed by atoms with Crippen molar-refractivity contribution in [2.45, 2.75) is 36.9 Å². The molecule has 0 atom stereocenters. The molecule has 1 aliphatic heterocycles. The molecule has 1 aliphatic rings. The number of hydrogen-bond acceptors (Lipinski definition) is 5. The summed E-state index contributed by atoms with van der Waals surface area (Å²) in [5, 5.41) is 5.38. The van der Waals surface area contributed by atoms with Gasteiger partial charge in [0.2, 0.25) is 10.0 Å². The number of urea groups is 1. The van der Waals surface area contributed by atoms with Crippen LogP contribution in [0.2, 0.25) is 0 Å². The van der Waals surface area contributed by atoms with Gasteiger partial charge >= 0.3 is 12.2 Å². The fraction of sp³-hybridized carbons (Fsp3) is 0.412. The number of nitrogens with zero attached hydrogens (tertiary/aromatic N) is 2. The Morgan fingerprint density at radius 3 is 2.38 bits per heavy atom. The number of hydrogen-bond donors (Lipinski definition) is 2. The summed E-state index contributed by atoms with van der Waals surface area (Å²) in [6.07, 6.45) is -1.85. The van der Waals surface area contributed by atoms with E-state index in [1.54, 1.807) is 12.1 Å². The lowest BCUT2D eigenvalue weighted by atomic mass is 10.2. The zero-order valence-electron chi connectivity index (χ0n) is 15.2. The van der Waals surface area contributed by atoms with Gasteiger partial charge in [0, 0.05) is 25.0 Å². The molecular weight excluding hydrogens is 429 g/mol. The van der Waals surface area contributed by atoms with Gasteiger partial charge in [-0.1, -0.05) is 18.6 Å². The fourth-order valence-corrected chi connectivity index (χ4v) is 5.05. The lowest BCUT2D eigenvalue weighted by Gasteiger charge is -2.25. The average molecular weight is 448 g/mol. The molecule has 29 heavy (non-hydrogen) atoms. The van der Waals surface area contributed by atoms with Gasteiger partial charge in [-0.05, 0) is 30.5 Å². The standard InChI is InChI=1S/C17H19F3N4O3S2/c18-17(19,20)14-11-28-16(22-14)23-15(25)21-10-12-4-6-13(7-5-12)29(26,27)24-8-2-1-3-9-24/h4-7,11H,1-3,8-10H2,(H2,21,22,23,25). The minimum atomic E-state index is -4.57. The van der Waals surface area contributed by atoms with Crippen molar-refractivity contribution in [1.29, 1.82) is 0 Å². The molecule has 2 aromatic rings. The molecule has 2 heterocycles. The highest BCUT2D eigenvalue weighted by atomic mass is 32.2. The molecule has 158 valence electrons. The lowest BCUT2D eigenvalue weighted by molar-refractivity contribution is -0.140. The Bertz CT molecular complexity index is 953. The van der Waals surface area contributed by atoms with Gasteiger partial charge in [0.15, 0.2) is 10.8 Å². The first-order valence-corrected chi connectivity index (χ1v) is 11.1. The van der Waals surface area contributed by atoms with Gasteiger partial charge in [-0.2, -0.15) is 17.5 Å². The van der Waals surface area contributed by atoms with Gasteiger partial charge < -0.3 is 5.32 Å². The second-order valence-corrected chi connectivity index (χ2v) is 9.25. The highest BCUT2D eigenvalue weighted by Gasteiger charge is 2.34. The first-order valence-electron chi connectivity index (χ1n) is 8.83. The highest BCUT2D eigenvalue weighted by molar-refractivity contribution is 7.89. The van der Waals surface area contributed by atoms with Crippen molar-refractivity contribution in [3.05, 3.63) is 40.9 Å². The molecule has 0 saturated carbocycles. The van der Waals surface area contributed by atoms with E-state index < -0.39 is 27.9 Å². The third kappa shape index (κ3) is 5.46. The number of rotatable bonds is 5. The number of anilines is 1. The van der Waals surface area contributed by atoms with Crippen LogP contribution in [0.1, 0.15) is 30.5 Å². The van der Waals surface area contributed by atoms with Crippen LogP contribution in [0.25, 0.3) is 0 Å². The third-order valence-corrected chi connectivity index (χ3v) is 7.01. The average Bonchev–Trinajstić information content (AvgIpc) is 3.16. The molecule has 2 amide bonds. The molecule has 7 nitrogen and oxygen atoms in total. The minimum Gasteiger partial charge on any atom is -0.334 e. The maximum Gasteiger partial charge on any atom is 0.434 e. The van der Waals surface area contributed by atoms with Crippen LogP contribution < -0.4 is 10.6 Å². The van der Waals surface area contributed by atoms with Crippen molar-refractivity contribution in [3.63, 3.8) is 0 Å². The smallest absolute Gasteiger partial charge is 0.334 e. The predicted octanol–water partition coefficient (Wildman–Crippen LogP) is 3.66. The molecule has 2 N–H and O–H groups in total. The number of sulfonamides is 1. The van der Waals surface area contributed by atoms with Crippen LogP contribution in [0.15, 0.2) is 34.5 Å². The summed E-state index contributed by atoms with van der Waals surface area (Å²) >= 11 is 0.670. The van der Waals surface area contributed by atoms with Gasteiger partial charge in [0.25, 0.3) is 0 Å². The van der Waals surface area contributed by atoms with Crippen LogP contribution in [-0.4, -0.2) is 36.8 Å². The quantitative estimate of drug-likeness (QED) is 0.730. The monoisotopic (exact) mass is 448 g/mol. The maximum absolute atomic E-state index is 12.6. The van der Waals surface area contributed by atoms with Gasteiger partial charge in [0.05, 0.1) is 4.90 Å². The summed E-state index contributed by atoms with van der Waals surface area (Å²) in [4.78, 5) is 15.3. The van der Waals surface area contributed by atoms with E-state index in [1.165, 1.54) is 16.4 Å². The molecular formula is C17H19F3N4O3S2. The predicted molar refractivity (Wildman–Crippen MR) is 102 cm³/mol. The molecule has 0 unspecified atom stereocenters. The van der Waals surface area contributed by atoms with E-state index in [4.69, 9.17) is 0 Å². The van der Waals surface area contributed by atoms with Crippen molar-refractivity contribution in [1.82, 2.24) is 14.6 Å². The zero-order valence-corrected chi connectivity index (χ0v) is 16.8. The van der Waals surface area contributed by atoms with Crippen molar-refractivity contribution in [2.75, 3.05) is 18.4 Å². The Labute approximate surface area is 170 Å². The minimum absolute atomic E-state index is 0.0768. The molecule has 1 saturated heterocycles. The maximum atomic E-state index is 12.6. The van der Waals surface area contributed by atoms with Crippen molar-refractivity contribution >= 4 is 32.5 Å². The number of halogens is 3. The van der Waals surface area contributed by atoms with Gasteiger partial charge in [0.1, 0.15) is 0 Å². The first-order chi connectivity index (χ1) is 13.7. The Morgan fingerprint density at radius 1 is 1.14 bits per heavy atom. The number of aromatic nitrogens is 1. The largest absolute Gasteiger partial charge is 0.434 e. The number of alkyl halides is 3. The van der Waals surface area contributed by atoms with E-state index >= 15 is 0 Å². The molecule has 0 spiro atoms. The number of thiazole rings is 1. The summed E-state index contributed by atoms with van der Waals surface area (Å²) < 4.78 is 64.2. The normalized spacial score (nSPS) is 15.8. The van der Waals surface area contributed by atoms with E-state index in [-0.39, 0.29) is 16.6 Å². The number of amides is 2. The lowest BCUT2D eigenvalue weighted by Crippen LogP contribution is -2.35. The molecule has 1 fully saturated rings. The third-order valence-electron chi connectivity index (χ3n) is 4.34.